The molecule has 1 aliphatic heterocycles. The zero-order valence-corrected chi connectivity index (χ0v) is 47.4. The van der Waals surface area contributed by atoms with E-state index in [-0.39, 0.29) is 42.7 Å². The number of aliphatic hydroxyl groups is 2. The molecule has 0 saturated carbocycles. The van der Waals surface area contributed by atoms with Crippen LogP contribution in [0, 0.1) is 5.92 Å². The van der Waals surface area contributed by atoms with Crippen molar-refractivity contribution in [2.45, 2.75) is 186 Å². The van der Waals surface area contributed by atoms with E-state index in [1.165, 1.54) is 16.8 Å². The lowest BCUT2D eigenvalue weighted by atomic mass is 9.99. The summed E-state index contributed by atoms with van der Waals surface area (Å²) < 4.78 is 40.2. The Balaban J connectivity index is 1.70. The predicted molar refractivity (Wildman–Crippen MR) is 281 cm³/mol. The molecule has 2 amide bonds. The number of esters is 1. The number of benzene rings is 2. The van der Waals surface area contributed by atoms with Gasteiger partial charge in [0.25, 0.3) is 5.56 Å². The summed E-state index contributed by atoms with van der Waals surface area (Å²) in [4.78, 5) is 68.7. The SMILES string of the molecule is COc1ccc(Cn2c(=O)ccn([C@@H]3OC([C@@H](O)[C@H](NCCCNC(=O)[C@H](NC(=O)OCc4ccccc4)C(O)C(C)C)C(=O)OC(C)(C)C)[C@@H](O[Si](C)(C)C(C)(C)C)[C@H]3O[Si](C)(C)C(C)(C)C)c2=O)cc1. The molecule has 18 nitrogen and oxygen atoms in total. The minimum Gasteiger partial charge on any atom is -0.497 e. The Labute approximate surface area is 427 Å². The van der Waals surface area contributed by atoms with Crippen LogP contribution in [0.2, 0.25) is 36.3 Å². The molecule has 0 bridgehead atoms. The summed E-state index contributed by atoms with van der Waals surface area (Å²) in [5.74, 6) is -1.22. The summed E-state index contributed by atoms with van der Waals surface area (Å²) in [7, 11) is -4.00. The Morgan fingerprint density at radius 2 is 1.36 bits per heavy atom. The van der Waals surface area contributed by atoms with E-state index in [2.05, 4.69) is 83.7 Å². The topological polar surface area (TPSA) is 227 Å². The number of ether oxygens (including phenoxy) is 4. The molecular formula is C52H83N5O13Si2. The first-order valence-electron chi connectivity index (χ1n) is 24.8. The van der Waals surface area contributed by atoms with Gasteiger partial charge in [-0.05, 0) is 99.2 Å². The highest BCUT2D eigenvalue weighted by atomic mass is 28.4. The first-order chi connectivity index (χ1) is 33.3. The van der Waals surface area contributed by atoms with E-state index in [9.17, 15) is 34.2 Å². The third kappa shape index (κ3) is 15.9. The molecule has 8 atom stereocenters. The van der Waals surface area contributed by atoms with E-state index in [1.807, 2.05) is 18.2 Å². The Morgan fingerprint density at radius 1 is 0.778 bits per heavy atom. The normalized spacial score (nSPS) is 19.5. The number of nitrogens with zero attached hydrogens (tertiary/aromatic N) is 2. The monoisotopic (exact) mass is 1040 g/mol. The van der Waals surface area contributed by atoms with Gasteiger partial charge in [-0.25, -0.2) is 9.59 Å². The lowest BCUT2D eigenvalue weighted by molar-refractivity contribution is -0.166. The highest BCUT2D eigenvalue weighted by Gasteiger charge is 2.58. The summed E-state index contributed by atoms with van der Waals surface area (Å²) in [6.45, 7) is 29.3. The van der Waals surface area contributed by atoms with Crippen molar-refractivity contribution in [3.05, 3.63) is 98.8 Å². The Hall–Kier alpha value is -4.68. The van der Waals surface area contributed by atoms with Crippen LogP contribution in [-0.2, 0) is 45.8 Å². The molecule has 402 valence electrons. The second kappa shape index (κ2) is 24.6. The first-order valence-corrected chi connectivity index (χ1v) is 30.6. The van der Waals surface area contributed by atoms with Gasteiger partial charge in [0.15, 0.2) is 22.9 Å². The number of methoxy groups -OCH3 is 1. The van der Waals surface area contributed by atoms with E-state index >= 15 is 0 Å². The number of aliphatic hydroxyl groups excluding tert-OH is 2. The second-order valence-corrected chi connectivity index (χ2v) is 32.5. The molecule has 3 aromatic rings. The van der Waals surface area contributed by atoms with E-state index in [1.54, 1.807) is 78.1 Å². The standard InChI is InChI=1S/C52H83N5O13Si2/c1-33(2)40(59)38(55-48(63)66-32-35-21-18-17-19-22-35)45(61)54-29-20-28-53-39(47(62)68-50(3,4)5)41(60)42-43(69-71(13,14)51(6,7)8)44(70-72(15,16)52(9,10)11)46(67-42)56-30-27-37(58)57(49(56)64)31-34-23-25-36(65-12)26-24-34/h17-19,21-27,30,33,38-44,46,53,59-60H,20,28-29,31-32H2,1-16H3,(H,54,61)(H,55,63)/t38-,39+,40?,41+,42?,43-,44-,46-/m1/s1. The molecule has 0 spiro atoms. The Morgan fingerprint density at radius 3 is 1.90 bits per heavy atom. The molecule has 5 N–H and O–H groups in total. The molecule has 4 rings (SSSR count). The second-order valence-electron chi connectivity index (χ2n) is 23.0. The third-order valence-corrected chi connectivity index (χ3v) is 22.7. The van der Waals surface area contributed by atoms with E-state index in [4.69, 9.17) is 27.8 Å². The van der Waals surface area contributed by atoms with Crippen molar-refractivity contribution in [3.8, 4) is 5.75 Å². The molecule has 20 heteroatoms. The summed E-state index contributed by atoms with van der Waals surface area (Å²) in [5, 5.41) is 31.4. The molecular weight excluding hydrogens is 959 g/mol. The molecule has 2 aromatic carbocycles. The maximum Gasteiger partial charge on any atom is 0.408 e. The summed E-state index contributed by atoms with van der Waals surface area (Å²) in [6, 6.07) is 14.6. The summed E-state index contributed by atoms with van der Waals surface area (Å²) in [5.41, 5.74) is -0.762. The van der Waals surface area contributed by atoms with E-state index in [0.717, 1.165) is 10.1 Å². The zero-order chi connectivity index (χ0) is 54.1. The van der Waals surface area contributed by atoms with Gasteiger partial charge in [0.1, 0.15) is 54.5 Å². The van der Waals surface area contributed by atoms with Crippen LogP contribution in [0.3, 0.4) is 0 Å². The molecule has 0 radical (unpaired) electrons. The van der Waals surface area contributed by atoms with Gasteiger partial charge in [-0.15, -0.1) is 0 Å². The number of carbonyl (C=O) groups is 3. The van der Waals surface area contributed by atoms with Crippen molar-refractivity contribution >= 4 is 34.6 Å². The van der Waals surface area contributed by atoms with Crippen molar-refractivity contribution in [1.82, 2.24) is 25.1 Å². The van der Waals surface area contributed by atoms with Gasteiger partial charge in [0.05, 0.1) is 19.8 Å². The van der Waals surface area contributed by atoms with Crippen LogP contribution in [0.5, 0.6) is 5.75 Å². The molecule has 1 aliphatic rings. The maximum atomic E-state index is 14.7. The number of hydrogen-bond donors (Lipinski definition) is 5. The van der Waals surface area contributed by atoms with Crippen LogP contribution in [-0.4, -0.2) is 122 Å². The maximum absolute atomic E-state index is 14.7. The lowest BCUT2D eigenvalue weighted by Crippen LogP contribution is -2.59. The number of alkyl carbamates (subject to hydrolysis) is 1. The third-order valence-electron chi connectivity index (χ3n) is 13.7. The molecule has 1 aromatic heterocycles. The van der Waals surface area contributed by atoms with E-state index in [0.29, 0.717) is 11.3 Å². The number of rotatable bonds is 22. The van der Waals surface area contributed by atoms with Crippen LogP contribution in [0.25, 0.3) is 0 Å². The molecule has 0 aliphatic carbocycles. The first kappa shape index (κ1) is 59.9. The molecule has 72 heavy (non-hydrogen) atoms. The molecule has 2 heterocycles. The minimum atomic E-state index is -2.78. The van der Waals surface area contributed by atoms with Gasteiger partial charge < -0.3 is 54.0 Å². The molecule has 1 fully saturated rings. The summed E-state index contributed by atoms with van der Waals surface area (Å²) in [6.07, 6.45) is -6.80. The van der Waals surface area contributed by atoms with Crippen LogP contribution < -0.4 is 31.9 Å². The number of amides is 2. The highest BCUT2D eigenvalue weighted by Crippen LogP contribution is 2.46. The fourth-order valence-corrected chi connectivity index (χ4v) is 9.98. The zero-order valence-electron chi connectivity index (χ0n) is 45.4. The predicted octanol–water partition coefficient (Wildman–Crippen LogP) is 6.22. The van der Waals surface area contributed by atoms with Crippen LogP contribution in [0.1, 0.15) is 99.9 Å². The average Bonchev–Trinajstić information content (AvgIpc) is 3.61. The van der Waals surface area contributed by atoms with Gasteiger partial charge in [-0.1, -0.05) is 97.9 Å². The van der Waals surface area contributed by atoms with Gasteiger partial charge >= 0.3 is 17.8 Å². The van der Waals surface area contributed by atoms with Crippen molar-refractivity contribution in [3.63, 3.8) is 0 Å². The van der Waals surface area contributed by atoms with Crippen molar-refractivity contribution < 1.29 is 52.4 Å². The smallest absolute Gasteiger partial charge is 0.408 e. The number of hydrogen-bond acceptors (Lipinski definition) is 14. The van der Waals surface area contributed by atoms with Gasteiger partial charge in [0.2, 0.25) is 5.91 Å². The molecule has 1 saturated heterocycles. The van der Waals surface area contributed by atoms with Gasteiger partial charge in [-0.2, -0.15) is 0 Å². The quantitative estimate of drug-likeness (QED) is 0.0428. The number of nitrogens with one attached hydrogen (secondary N) is 3. The van der Waals surface area contributed by atoms with E-state index < -0.39 is 106 Å². The lowest BCUT2D eigenvalue weighted by Gasteiger charge is -2.44. The van der Waals surface area contributed by atoms with Gasteiger partial charge in [-0.3, -0.25) is 23.5 Å². The Bertz CT molecular complexity index is 2370. The van der Waals surface area contributed by atoms with Crippen LogP contribution >= 0.6 is 0 Å². The molecule has 2 unspecified atom stereocenters. The van der Waals surface area contributed by atoms with Crippen LogP contribution in [0.15, 0.2) is 76.4 Å². The number of aromatic nitrogens is 2. The largest absolute Gasteiger partial charge is 0.497 e. The van der Waals surface area contributed by atoms with Gasteiger partial charge in [0, 0.05) is 18.8 Å². The van der Waals surface area contributed by atoms with Crippen molar-refractivity contribution in [2.75, 3.05) is 20.2 Å². The van der Waals surface area contributed by atoms with Crippen molar-refractivity contribution in [1.29, 1.82) is 0 Å². The van der Waals surface area contributed by atoms with Crippen molar-refractivity contribution in [2.24, 2.45) is 5.92 Å². The fraction of sp³-hybridized carbons (Fsp3) is 0.635. The number of carbonyl (C=O) groups excluding carboxylic acids is 3. The Kier molecular flexibility index (Phi) is 20.4. The minimum absolute atomic E-state index is 0.0342. The summed E-state index contributed by atoms with van der Waals surface area (Å²) >= 11 is 0. The fourth-order valence-electron chi connectivity index (χ4n) is 7.39. The highest BCUT2D eigenvalue weighted by molar-refractivity contribution is 6.74. The average molecular weight is 1040 g/mol. The van der Waals surface area contributed by atoms with Crippen LogP contribution in [0.4, 0.5) is 4.79 Å².